The molecule has 110 valence electrons. The van der Waals surface area contributed by atoms with E-state index in [0.717, 1.165) is 0 Å². The van der Waals surface area contributed by atoms with Crippen molar-refractivity contribution in [2.75, 3.05) is 32.2 Å². The van der Waals surface area contributed by atoms with Crippen LogP contribution in [0.15, 0.2) is 18.3 Å². The number of nitrogens with zero attached hydrogens (tertiary/aromatic N) is 2. The van der Waals surface area contributed by atoms with Gasteiger partial charge in [0.15, 0.2) is 6.04 Å². The van der Waals surface area contributed by atoms with Crippen LogP contribution in [0.4, 0.5) is 5.82 Å². The summed E-state index contributed by atoms with van der Waals surface area (Å²) in [7, 11) is 3.04. The molecule has 0 spiro atoms. The van der Waals surface area contributed by atoms with Gasteiger partial charge < -0.3 is 20.1 Å². The molecule has 8 heteroatoms. The molecule has 0 aliphatic carbocycles. The summed E-state index contributed by atoms with van der Waals surface area (Å²) in [6.07, 6.45) is 1.47. The SMILES string of the molecule is COCC(NC(=O)CN(C)c1ccc(Cl)cn1)C(=O)O. The topological polar surface area (TPSA) is 91.8 Å². The molecule has 1 heterocycles. The van der Waals surface area contributed by atoms with Gasteiger partial charge in [0.1, 0.15) is 5.82 Å². The van der Waals surface area contributed by atoms with Gasteiger partial charge in [0.25, 0.3) is 0 Å². The van der Waals surface area contributed by atoms with Gasteiger partial charge in [0.05, 0.1) is 18.2 Å². The van der Waals surface area contributed by atoms with E-state index in [0.29, 0.717) is 10.8 Å². The molecule has 1 aromatic rings. The molecule has 0 aromatic carbocycles. The summed E-state index contributed by atoms with van der Waals surface area (Å²) in [5, 5.41) is 11.8. The van der Waals surface area contributed by atoms with Crippen molar-refractivity contribution in [3.8, 4) is 0 Å². The van der Waals surface area contributed by atoms with Gasteiger partial charge in [0, 0.05) is 20.4 Å². The standard InChI is InChI=1S/C12H16ClN3O4/c1-16(10-4-3-8(13)5-14-10)6-11(17)15-9(7-20-2)12(18)19/h3-5,9H,6-7H2,1-2H3,(H,15,17)(H,18,19). The van der Waals surface area contributed by atoms with Crippen LogP contribution >= 0.6 is 11.6 Å². The predicted octanol–water partition coefficient (Wildman–Crippen LogP) is 0.387. The number of amides is 1. The Morgan fingerprint density at radius 2 is 2.25 bits per heavy atom. The molecule has 0 saturated heterocycles. The van der Waals surface area contributed by atoms with E-state index in [1.165, 1.54) is 13.3 Å². The lowest BCUT2D eigenvalue weighted by Crippen LogP contribution is -2.47. The van der Waals surface area contributed by atoms with Crippen LogP contribution in [-0.2, 0) is 14.3 Å². The van der Waals surface area contributed by atoms with E-state index < -0.39 is 17.9 Å². The molecule has 0 radical (unpaired) electrons. The number of hydrogen-bond donors (Lipinski definition) is 2. The van der Waals surface area contributed by atoms with Gasteiger partial charge in [-0.2, -0.15) is 0 Å². The minimum Gasteiger partial charge on any atom is -0.480 e. The molecule has 1 atom stereocenters. The number of carbonyl (C=O) groups is 2. The Morgan fingerprint density at radius 1 is 1.55 bits per heavy atom. The first-order chi connectivity index (χ1) is 9.43. The van der Waals surface area contributed by atoms with Gasteiger partial charge >= 0.3 is 5.97 Å². The third-order valence-corrected chi connectivity index (χ3v) is 2.67. The average Bonchev–Trinajstić information content (AvgIpc) is 2.38. The first-order valence-electron chi connectivity index (χ1n) is 5.78. The number of carbonyl (C=O) groups excluding carboxylic acids is 1. The van der Waals surface area contributed by atoms with Crippen LogP contribution in [0.3, 0.4) is 0 Å². The van der Waals surface area contributed by atoms with E-state index >= 15 is 0 Å². The summed E-state index contributed by atoms with van der Waals surface area (Å²) in [6.45, 7) is -0.119. The molecular formula is C12H16ClN3O4. The number of halogens is 1. The number of methoxy groups -OCH3 is 1. The van der Waals surface area contributed by atoms with E-state index in [9.17, 15) is 9.59 Å². The molecular weight excluding hydrogens is 286 g/mol. The smallest absolute Gasteiger partial charge is 0.328 e. The van der Waals surface area contributed by atoms with E-state index in [4.69, 9.17) is 21.4 Å². The van der Waals surface area contributed by atoms with Crippen LogP contribution in [0.2, 0.25) is 5.02 Å². The van der Waals surface area contributed by atoms with Crippen molar-refractivity contribution in [3.63, 3.8) is 0 Å². The highest BCUT2D eigenvalue weighted by Gasteiger charge is 2.20. The third kappa shape index (κ3) is 5.02. The van der Waals surface area contributed by atoms with Crippen LogP contribution < -0.4 is 10.2 Å². The maximum atomic E-state index is 11.8. The maximum Gasteiger partial charge on any atom is 0.328 e. The Morgan fingerprint density at radius 3 is 2.75 bits per heavy atom. The summed E-state index contributed by atoms with van der Waals surface area (Å²) < 4.78 is 4.73. The number of carboxylic acids is 1. The molecule has 1 rings (SSSR count). The lowest BCUT2D eigenvalue weighted by molar-refractivity contribution is -0.143. The van der Waals surface area contributed by atoms with E-state index in [2.05, 4.69) is 10.3 Å². The van der Waals surface area contributed by atoms with Crippen LogP contribution in [0.5, 0.6) is 0 Å². The zero-order valence-corrected chi connectivity index (χ0v) is 11.9. The van der Waals surface area contributed by atoms with E-state index in [1.54, 1.807) is 24.1 Å². The molecule has 1 unspecified atom stereocenters. The Bertz CT molecular complexity index is 466. The minimum absolute atomic E-state index is 0.0257. The quantitative estimate of drug-likeness (QED) is 0.757. The summed E-state index contributed by atoms with van der Waals surface area (Å²) in [5.41, 5.74) is 0. The van der Waals surface area contributed by atoms with Gasteiger partial charge in [-0.05, 0) is 12.1 Å². The van der Waals surface area contributed by atoms with Crippen molar-refractivity contribution >= 4 is 29.3 Å². The highest BCUT2D eigenvalue weighted by molar-refractivity contribution is 6.30. The van der Waals surface area contributed by atoms with Gasteiger partial charge in [-0.3, -0.25) is 4.79 Å². The molecule has 0 aliphatic heterocycles. The summed E-state index contributed by atoms with van der Waals surface area (Å²) >= 11 is 5.72. The van der Waals surface area contributed by atoms with E-state index in [1.807, 2.05) is 0 Å². The molecule has 0 saturated carbocycles. The van der Waals surface area contributed by atoms with Crippen molar-refractivity contribution < 1.29 is 19.4 Å². The Kier molecular flexibility index (Phi) is 6.20. The highest BCUT2D eigenvalue weighted by Crippen LogP contribution is 2.12. The molecule has 0 fully saturated rings. The second kappa shape index (κ2) is 7.66. The lowest BCUT2D eigenvalue weighted by atomic mass is 10.3. The molecule has 0 aliphatic rings. The second-order valence-electron chi connectivity index (χ2n) is 4.10. The zero-order valence-electron chi connectivity index (χ0n) is 11.2. The number of anilines is 1. The fourth-order valence-electron chi connectivity index (χ4n) is 1.47. The van der Waals surface area contributed by atoms with Gasteiger partial charge in [-0.25, -0.2) is 9.78 Å². The Hall–Kier alpha value is -1.86. The summed E-state index contributed by atoms with van der Waals surface area (Å²) in [6, 6.07) is 2.25. The van der Waals surface area contributed by atoms with Crippen molar-refractivity contribution in [2.45, 2.75) is 6.04 Å². The van der Waals surface area contributed by atoms with Crippen molar-refractivity contribution in [1.29, 1.82) is 0 Å². The Labute approximate surface area is 121 Å². The van der Waals surface area contributed by atoms with Crippen molar-refractivity contribution in [2.24, 2.45) is 0 Å². The van der Waals surface area contributed by atoms with Gasteiger partial charge in [-0.1, -0.05) is 11.6 Å². The molecule has 1 amide bonds. The lowest BCUT2D eigenvalue weighted by Gasteiger charge is -2.19. The third-order valence-electron chi connectivity index (χ3n) is 2.45. The normalized spacial score (nSPS) is 11.8. The van der Waals surface area contributed by atoms with Crippen LogP contribution in [0, 0.1) is 0 Å². The Balaban J connectivity index is 2.56. The molecule has 1 aromatic heterocycles. The number of nitrogens with one attached hydrogen (secondary N) is 1. The first-order valence-corrected chi connectivity index (χ1v) is 6.15. The number of carboxylic acid groups (broad SMARTS) is 1. The van der Waals surface area contributed by atoms with Crippen LogP contribution in [0.1, 0.15) is 0 Å². The van der Waals surface area contributed by atoms with E-state index in [-0.39, 0.29) is 13.2 Å². The summed E-state index contributed by atoms with van der Waals surface area (Å²) in [4.78, 5) is 28.3. The fourth-order valence-corrected chi connectivity index (χ4v) is 1.58. The number of hydrogen-bond acceptors (Lipinski definition) is 5. The molecule has 7 nitrogen and oxygen atoms in total. The van der Waals surface area contributed by atoms with Gasteiger partial charge in [0.2, 0.25) is 5.91 Å². The number of pyridine rings is 1. The number of ether oxygens (including phenoxy) is 1. The molecule has 2 N–H and O–H groups in total. The number of rotatable bonds is 7. The highest BCUT2D eigenvalue weighted by atomic mass is 35.5. The van der Waals surface area contributed by atoms with Crippen LogP contribution in [-0.4, -0.2) is 55.3 Å². The largest absolute Gasteiger partial charge is 0.480 e. The summed E-state index contributed by atoms with van der Waals surface area (Å²) in [5.74, 6) is -1.02. The first kappa shape index (κ1) is 16.2. The average molecular weight is 302 g/mol. The maximum absolute atomic E-state index is 11.8. The number of aliphatic carboxylic acids is 1. The van der Waals surface area contributed by atoms with Gasteiger partial charge in [-0.15, -0.1) is 0 Å². The number of aromatic nitrogens is 1. The van der Waals surface area contributed by atoms with Crippen LogP contribution in [0.25, 0.3) is 0 Å². The van der Waals surface area contributed by atoms with Crippen molar-refractivity contribution in [3.05, 3.63) is 23.4 Å². The molecule has 0 bridgehead atoms. The molecule has 20 heavy (non-hydrogen) atoms. The minimum atomic E-state index is -1.15. The second-order valence-corrected chi connectivity index (χ2v) is 4.54. The monoisotopic (exact) mass is 301 g/mol. The fraction of sp³-hybridized carbons (Fsp3) is 0.417. The number of likely N-dealkylation sites (N-methyl/N-ethyl adjacent to an activating group) is 1. The van der Waals surface area contributed by atoms with Crippen molar-refractivity contribution in [1.82, 2.24) is 10.3 Å². The zero-order chi connectivity index (χ0) is 15.1. The predicted molar refractivity (Wildman–Crippen MR) is 74.0 cm³/mol.